The van der Waals surface area contributed by atoms with E-state index in [2.05, 4.69) is 59.9 Å². The number of amides is 1. The molecule has 0 saturated carbocycles. The van der Waals surface area contributed by atoms with Crippen molar-refractivity contribution in [1.82, 2.24) is 29.9 Å². The molecule has 2 aromatic carbocycles. The number of carbonyl (C=O) groups excluding carboxylic acids is 1. The number of nitrogens with one attached hydrogen (secondary N) is 2. The Labute approximate surface area is 236 Å². The molecule has 3 aromatic rings. The monoisotopic (exact) mass is 562 g/mol. The maximum atomic E-state index is 13.4. The van der Waals surface area contributed by atoms with E-state index < -0.39 is 22.0 Å². The number of hydrogen-bond donors (Lipinski definition) is 2. The lowest BCUT2D eigenvalue weighted by atomic mass is 9.86. The molecule has 2 atom stereocenters. The lowest BCUT2D eigenvalue weighted by Gasteiger charge is -2.31. The minimum Gasteiger partial charge on any atom is -0.329 e. The predicted octanol–water partition coefficient (Wildman–Crippen LogP) is 3.85. The first kappa shape index (κ1) is 28.0. The number of sulfonamides is 1. The molecule has 212 valence electrons. The van der Waals surface area contributed by atoms with Gasteiger partial charge in [-0.3, -0.25) is 9.10 Å². The van der Waals surface area contributed by atoms with E-state index >= 15 is 0 Å². The fraction of sp³-hybridized carbons (Fsp3) is 0.433. The molecule has 2 heterocycles. The molecule has 1 aliphatic heterocycles. The zero-order valence-corrected chi connectivity index (χ0v) is 24.4. The van der Waals surface area contributed by atoms with Gasteiger partial charge in [0.05, 0.1) is 16.6 Å². The van der Waals surface area contributed by atoms with Crippen LogP contribution in [0.3, 0.4) is 0 Å². The van der Waals surface area contributed by atoms with Crippen LogP contribution in [0.1, 0.15) is 67.6 Å². The van der Waals surface area contributed by atoms with E-state index in [4.69, 9.17) is 0 Å². The van der Waals surface area contributed by atoms with Crippen LogP contribution in [0, 0.1) is 12.3 Å². The highest BCUT2D eigenvalue weighted by molar-refractivity contribution is 7.89. The Hall–Kier alpha value is -3.50. The van der Waals surface area contributed by atoms with Gasteiger partial charge < -0.3 is 10.6 Å². The number of hydrogen-bond acceptors (Lipinski definition) is 6. The second-order valence-corrected chi connectivity index (χ2v) is 13.8. The molecule has 0 spiro atoms. The van der Waals surface area contributed by atoms with Crippen molar-refractivity contribution in [2.24, 2.45) is 5.41 Å². The highest BCUT2D eigenvalue weighted by Crippen LogP contribution is 2.33. The quantitative estimate of drug-likeness (QED) is 0.432. The number of nitrogens with zero attached hydrogens (tertiary/aromatic N) is 4. The molecule has 0 fully saturated rings. The maximum Gasteiger partial charge on any atom is 0.264 e. The van der Waals surface area contributed by atoms with Gasteiger partial charge >= 0.3 is 0 Å². The first-order chi connectivity index (χ1) is 19.0. The summed E-state index contributed by atoms with van der Waals surface area (Å²) >= 11 is 0. The van der Waals surface area contributed by atoms with E-state index in [-0.39, 0.29) is 22.8 Å². The molecule has 1 amide bonds. The van der Waals surface area contributed by atoms with Crippen LogP contribution in [0.25, 0.3) is 0 Å². The fourth-order valence-corrected chi connectivity index (χ4v) is 6.79. The van der Waals surface area contributed by atoms with Crippen molar-refractivity contribution in [2.75, 3.05) is 6.54 Å². The third-order valence-corrected chi connectivity index (χ3v) is 9.21. The van der Waals surface area contributed by atoms with Crippen LogP contribution < -0.4 is 10.6 Å². The van der Waals surface area contributed by atoms with Gasteiger partial charge in [0.1, 0.15) is 6.04 Å². The molecule has 9 nitrogen and oxygen atoms in total. The molecule has 5 rings (SSSR count). The Morgan fingerprint density at radius 2 is 1.90 bits per heavy atom. The van der Waals surface area contributed by atoms with E-state index in [1.54, 1.807) is 24.3 Å². The van der Waals surface area contributed by atoms with Gasteiger partial charge in [0.25, 0.3) is 10.0 Å². The summed E-state index contributed by atoms with van der Waals surface area (Å²) in [6, 6.07) is 12.4. The first-order valence-electron chi connectivity index (χ1n) is 13.8. The van der Waals surface area contributed by atoms with Crippen LogP contribution in [-0.2, 0) is 34.2 Å². The molecular formula is C30H38N6O3S. The minimum atomic E-state index is -3.93. The Morgan fingerprint density at radius 3 is 2.65 bits per heavy atom. The summed E-state index contributed by atoms with van der Waals surface area (Å²) in [6.07, 6.45) is 7.73. The summed E-state index contributed by atoms with van der Waals surface area (Å²) in [5, 5.41) is 15.0. The van der Waals surface area contributed by atoms with Crippen LogP contribution in [0.2, 0.25) is 0 Å². The Balaban J connectivity index is 1.33. The zero-order valence-electron chi connectivity index (χ0n) is 23.6. The lowest BCUT2D eigenvalue weighted by molar-refractivity contribution is -0.124. The highest BCUT2D eigenvalue weighted by atomic mass is 32.2. The molecule has 0 unspecified atom stereocenters. The van der Waals surface area contributed by atoms with Crippen molar-refractivity contribution >= 4 is 15.9 Å². The van der Waals surface area contributed by atoms with Crippen molar-refractivity contribution in [2.45, 2.75) is 76.9 Å². The Bertz CT molecular complexity index is 1500. The normalized spacial score (nSPS) is 19.4. The van der Waals surface area contributed by atoms with Crippen LogP contribution in [0.4, 0.5) is 0 Å². The standard InChI is InChI=1S/C30H38N6O3S/c1-21-8-11-25(12-9-21)40(38,39)36-15-14-32-29(37)28(36)17-24-19-35(34-33-24)27-7-5-6-23-16-22(10-13-26(23)27)18-31-20-30(2,3)4/h8-16,19,27-28,31H,5-7,17-18,20H2,1-4H3,(H,32,37)/t27-,28+/m0/s1. The molecule has 10 heteroatoms. The van der Waals surface area contributed by atoms with Gasteiger partial charge in [0, 0.05) is 38.1 Å². The van der Waals surface area contributed by atoms with Crippen LogP contribution in [0.5, 0.6) is 0 Å². The molecule has 2 N–H and O–H groups in total. The largest absolute Gasteiger partial charge is 0.329 e. The third-order valence-electron chi connectivity index (χ3n) is 7.41. The van der Waals surface area contributed by atoms with Gasteiger partial charge in [-0.05, 0) is 60.4 Å². The highest BCUT2D eigenvalue weighted by Gasteiger charge is 2.36. The summed E-state index contributed by atoms with van der Waals surface area (Å²) in [4.78, 5) is 13.0. The van der Waals surface area contributed by atoms with E-state index in [1.165, 1.54) is 29.1 Å². The van der Waals surface area contributed by atoms with E-state index in [9.17, 15) is 13.2 Å². The molecule has 40 heavy (non-hydrogen) atoms. The van der Waals surface area contributed by atoms with Crippen molar-refractivity contribution in [3.05, 3.63) is 89.0 Å². The molecule has 0 bridgehead atoms. The molecular weight excluding hydrogens is 524 g/mol. The number of fused-ring (bicyclic) bond motifs is 1. The average Bonchev–Trinajstić information content (AvgIpc) is 3.37. The summed E-state index contributed by atoms with van der Waals surface area (Å²) in [5.41, 5.74) is 5.60. The minimum absolute atomic E-state index is 0.0501. The van der Waals surface area contributed by atoms with E-state index in [0.717, 1.165) is 42.2 Å². The van der Waals surface area contributed by atoms with Crippen molar-refractivity contribution in [3.63, 3.8) is 0 Å². The van der Waals surface area contributed by atoms with Crippen LogP contribution in [0.15, 0.2) is 66.0 Å². The molecule has 0 radical (unpaired) electrons. The van der Waals surface area contributed by atoms with Gasteiger partial charge in [0.2, 0.25) is 5.91 Å². The SMILES string of the molecule is Cc1ccc(S(=O)(=O)N2C=CNC(=O)[C@H]2Cc2cn([C@H]3CCCc4cc(CNCC(C)(C)C)ccc43)nn2)cc1. The van der Waals surface area contributed by atoms with Crippen molar-refractivity contribution in [1.29, 1.82) is 0 Å². The zero-order chi connectivity index (χ0) is 28.5. The number of benzene rings is 2. The van der Waals surface area contributed by atoms with E-state index in [0.29, 0.717) is 5.69 Å². The maximum absolute atomic E-state index is 13.4. The molecule has 2 aliphatic rings. The Kier molecular flexibility index (Phi) is 7.83. The number of aryl methyl sites for hydroxylation is 2. The van der Waals surface area contributed by atoms with Gasteiger partial charge in [-0.2, -0.15) is 0 Å². The van der Waals surface area contributed by atoms with Gasteiger partial charge in [-0.15, -0.1) is 5.10 Å². The topological polar surface area (TPSA) is 109 Å². The summed E-state index contributed by atoms with van der Waals surface area (Å²) in [5.74, 6) is -0.400. The summed E-state index contributed by atoms with van der Waals surface area (Å²) in [7, 11) is -3.93. The summed E-state index contributed by atoms with van der Waals surface area (Å²) in [6.45, 7) is 10.4. The first-order valence-corrected chi connectivity index (χ1v) is 15.3. The van der Waals surface area contributed by atoms with Gasteiger partial charge in [-0.25, -0.2) is 13.1 Å². The smallest absolute Gasteiger partial charge is 0.264 e. The second kappa shape index (κ2) is 11.2. The molecule has 1 aromatic heterocycles. The molecule has 1 aliphatic carbocycles. The van der Waals surface area contributed by atoms with Crippen molar-refractivity contribution < 1.29 is 13.2 Å². The van der Waals surface area contributed by atoms with Crippen molar-refractivity contribution in [3.8, 4) is 0 Å². The van der Waals surface area contributed by atoms with Gasteiger partial charge in [0.15, 0.2) is 0 Å². The van der Waals surface area contributed by atoms with Gasteiger partial charge in [-0.1, -0.05) is 61.9 Å². The van der Waals surface area contributed by atoms with Crippen LogP contribution >= 0.6 is 0 Å². The van der Waals surface area contributed by atoms with Crippen LogP contribution in [-0.4, -0.2) is 46.2 Å². The summed E-state index contributed by atoms with van der Waals surface area (Å²) < 4.78 is 29.8. The predicted molar refractivity (Wildman–Crippen MR) is 154 cm³/mol. The fourth-order valence-electron chi connectivity index (χ4n) is 5.34. The Morgan fingerprint density at radius 1 is 1.12 bits per heavy atom. The third kappa shape index (κ3) is 6.13. The number of aromatic nitrogens is 3. The number of carbonyl (C=O) groups is 1. The second-order valence-electron chi connectivity index (χ2n) is 12.0. The lowest BCUT2D eigenvalue weighted by Crippen LogP contribution is -2.50. The molecule has 0 saturated heterocycles. The average molecular weight is 563 g/mol. The van der Waals surface area contributed by atoms with E-state index in [1.807, 2.05) is 17.8 Å². The number of rotatable bonds is 8.